The number of hydrogen-bond donors (Lipinski definition) is 1. The Balaban J connectivity index is 3.24. The number of nitrogens with one attached hydrogen (secondary N) is 1. The van der Waals surface area contributed by atoms with Gasteiger partial charge in [-0.2, -0.15) is 0 Å². The van der Waals surface area contributed by atoms with E-state index in [1.54, 1.807) is 38.2 Å². The maximum atomic E-state index is 10.7. The van der Waals surface area contributed by atoms with Crippen molar-refractivity contribution in [2.24, 2.45) is 0 Å². The van der Waals surface area contributed by atoms with Crippen molar-refractivity contribution in [3.05, 3.63) is 28.3 Å². The summed E-state index contributed by atoms with van der Waals surface area (Å²) in [4.78, 5) is 12.0. The number of hydrogen-bond acceptors (Lipinski definition) is 4. The first-order chi connectivity index (χ1) is 6.56. The van der Waals surface area contributed by atoms with E-state index in [1.165, 1.54) is 6.07 Å². The zero-order valence-electron chi connectivity index (χ0n) is 8.44. The van der Waals surface area contributed by atoms with Gasteiger partial charge in [0, 0.05) is 32.9 Å². The second-order valence-electron chi connectivity index (χ2n) is 3.11. The molecule has 5 heteroatoms. The Hall–Kier alpha value is -1.78. The van der Waals surface area contributed by atoms with Crippen LogP contribution in [-0.2, 0) is 0 Å². The predicted molar refractivity (Wildman–Crippen MR) is 57.0 cm³/mol. The summed E-state index contributed by atoms with van der Waals surface area (Å²) in [6, 6.07) is 4.93. The first-order valence-electron chi connectivity index (χ1n) is 4.19. The molecule has 0 aliphatic carbocycles. The molecule has 5 nitrogen and oxygen atoms in total. The van der Waals surface area contributed by atoms with Gasteiger partial charge in [-0.1, -0.05) is 0 Å². The average molecular weight is 195 g/mol. The molecule has 1 N–H and O–H groups in total. The van der Waals surface area contributed by atoms with Crippen LogP contribution >= 0.6 is 0 Å². The number of anilines is 2. The number of nitrogens with zero attached hydrogens (tertiary/aromatic N) is 2. The number of benzene rings is 1. The van der Waals surface area contributed by atoms with E-state index in [2.05, 4.69) is 5.32 Å². The Morgan fingerprint density at radius 2 is 2.07 bits per heavy atom. The van der Waals surface area contributed by atoms with Crippen molar-refractivity contribution in [3.63, 3.8) is 0 Å². The summed E-state index contributed by atoms with van der Waals surface area (Å²) in [5, 5.41) is 13.6. The van der Waals surface area contributed by atoms with Crippen LogP contribution < -0.4 is 10.2 Å². The van der Waals surface area contributed by atoms with Gasteiger partial charge in [-0.15, -0.1) is 0 Å². The van der Waals surface area contributed by atoms with Gasteiger partial charge in [0.05, 0.1) is 4.92 Å². The largest absolute Gasteiger partial charge is 0.388 e. The van der Waals surface area contributed by atoms with Crippen LogP contribution in [0.3, 0.4) is 0 Å². The molecule has 0 saturated heterocycles. The molecule has 0 spiro atoms. The molecule has 0 amide bonds. The van der Waals surface area contributed by atoms with Crippen molar-refractivity contribution in [2.75, 3.05) is 31.4 Å². The summed E-state index contributed by atoms with van der Waals surface area (Å²) in [6.07, 6.45) is 0. The lowest BCUT2D eigenvalue weighted by molar-refractivity contribution is -0.384. The van der Waals surface area contributed by atoms with Gasteiger partial charge in [0.15, 0.2) is 0 Å². The third kappa shape index (κ3) is 1.93. The minimum absolute atomic E-state index is 0.119. The Morgan fingerprint density at radius 3 is 2.50 bits per heavy atom. The third-order valence-electron chi connectivity index (χ3n) is 1.94. The molecule has 0 fully saturated rings. The summed E-state index contributed by atoms with van der Waals surface area (Å²) in [5.41, 5.74) is 1.58. The summed E-state index contributed by atoms with van der Waals surface area (Å²) in [6.45, 7) is 0. The highest BCUT2D eigenvalue weighted by atomic mass is 16.6. The van der Waals surface area contributed by atoms with Gasteiger partial charge < -0.3 is 10.2 Å². The molecular formula is C9H13N3O2. The maximum Gasteiger partial charge on any atom is 0.292 e. The number of rotatable bonds is 3. The summed E-state index contributed by atoms with van der Waals surface area (Å²) in [5.74, 6) is 0. The Kier molecular flexibility index (Phi) is 2.91. The average Bonchev–Trinajstić information content (AvgIpc) is 2.16. The lowest BCUT2D eigenvalue weighted by atomic mass is 10.2. The quantitative estimate of drug-likeness (QED) is 0.589. The second-order valence-corrected chi connectivity index (χ2v) is 3.11. The van der Waals surface area contributed by atoms with Crippen molar-refractivity contribution < 1.29 is 4.92 Å². The molecule has 14 heavy (non-hydrogen) atoms. The van der Waals surface area contributed by atoms with E-state index in [1.807, 2.05) is 0 Å². The number of nitro groups is 1. The van der Waals surface area contributed by atoms with Gasteiger partial charge in [-0.05, 0) is 12.1 Å². The highest BCUT2D eigenvalue weighted by Gasteiger charge is 2.14. The van der Waals surface area contributed by atoms with Gasteiger partial charge in [-0.25, -0.2) is 0 Å². The molecular weight excluding hydrogens is 182 g/mol. The second kappa shape index (κ2) is 3.95. The Bertz CT molecular complexity index is 350. The first kappa shape index (κ1) is 10.3. The minimum atomic E-state index is -0.380. The fourth-order valence-electron chi connectivity index (χ4n) is 1.19. The summed E-state index contributed by atoms with van der Waals surface area (Å²) in [7, 11) is 5.34. The summed E-state index contributed by atoms with van der Waals surface area (Å²) >= 11 is 0. The fraction of sp³-hybridized carbons (Fsp3) is 0.333. The topological polar surface area (TPSA) is 58.4 Å². The van der Waals surface area contributed by atoms with Crippen LogP contribution in [0, 0.1) is 10.1 Å². The smallest absolute Gasteiger partial charge is 0.292 e. The van der Waals surface area contributed by atoms with E-state index in [9.17, 15) is 10.1 Å². The van der Waals surface area contributed by atoms with Crippen molar-refractivity contribution in [1.82, 2.24) is 0 Å². The van der Waals surface area contributed by atoms with Crippen molar-refractivity contribution in [3.8, 4) is 0 Å². The zero-order chi connectivity index (χ0) is 10.7. The first-order valence-corrected chi connectivity index (χ1v) is 4.19. The SMILES string of the molecule is CNc1ccc([N+](=O)[O-])c(N(C)C)c1. The molecule has 1 aromatic rings. The van der Waals surface area contributed by atoms with Crippen molar-refractivity contribution in [1.29, 1.82) is 0 Å². The van der Waals surface area contributed by atoms with Gasteiger partial charge in [0.1, 0.15) is 5.69 Å². The van der Waals surface area contributed by atoms with Crippen LogP contribution in [0.2, 0.25) is 0 Å². The minimum Gasteiger partial charge on any atom is -0.388 e. The van der Waals surface area contributed by atoms with Crippen LogP contribution in [0.4, 0.5) is 17.1 Å². The molecule has 0 heterocycles. The Labute approximate surface area is 82.5 Å². The van der Waals surface area contributed by atoms with Gasteiger partial charge in [-0.3, -0.25) is 10.1 Å². The monoisotopic (exact) mass is 195 g/mol. The predicted octanol–water partition coefficient (Wildman–Crippen LogP) is 1.70. The molecule has 0 aromatic heterocycles. The van der Waals surface area contributed by atoms with Gasteiger partial charge >= 0.3 is 0 Å². The fourth-order valence-corrected chi connectivity index (χ4v) is 1.19. The van der Waals surface area contributed by atoms with Crippen LogP contribution in [0.15, 0.2) is 18.2 Å². The van der Waals surface area contributed by atoms with Crippen molar-refractivity contribution in [2.45, 2.75) is 0 Å². The van der Waals surface area contributed by atoms with E-state index in [-0.39, 0.29) is 10.6 Å². The van der Waals surface area contributed by atoms with E-state index < -0.39 is 0 Å². The normalized spacial score (nSPS) is 9.64. The molecule has 0 bridgehead atoms. The van der Waals surface area contributed by atoms with E-state index in [0.717, 1.165) is 5.69 Å². The molecule has 1 rings (SSSR count). The third-order valence-corrected chi connectivity index (χ3v) is 1.94. The van der Waals surface area contributed by atoms with E-state index in [4.69, 9.17) is 0 Å². The van der Waals surface area contributed by atoms with Crippen LogP contribution in [0.1, 0.15) is 0 Å². The van der Waals surface area contributed by atoms with Crippen molar-refractivity contribution >= 4 is 17.1 Å². The molecule has 0 unspecified atom stereocenters. The molecule has 0 aliphatic rings. The van der Waals surface area contributed by atoms with Crippen LogP contribution in [0.25, 0.3) is 0 Å². The molecule has 0 atom stereocenters. The Morgan fingerprint density at radius 1 is 1.43 bits per heavy atom. The van der Waals surface area contributed by atoms with E-state index in [0.29, 0.717) is 5.69 Å². The van der Waals surface area contributed by atoms with Gasteiger partial charge in [0.25, 0.3) is 5.69 Å². The molecule has 1 aromatic carbocycles. The van der Waals surface area contributed by atoms with Crippen LogP contribution in [-0.4, -0.2) is 26.1 Å². The standard InChI is InChI=1S/C9H13N3O2/c1-10-7-4-5-8(12(13)14)9(6-7)11(2)3/h4-6,10H,1-3H3. The summed E-state index contributed by atoms with van der Waals surface area (Å²) < 4.78 is 0. The number of nitro benzene ring substituents is 1. The highest BCUT2D eigenvalue weighted by Crippen LogP contribution is 2.29. The molecule has 76 valence electrons. The highest BCUT2D eigenvalue weighted by molar-refractivity contribution is 5.69. The lowest BCUT2D eigenvalue weighted by Gasteiger charge is -2.13. The van der Waals surface area contributed by atoms with Crippen LogP contribution in [0.5, 0.6) is 0 Å². The molecule has 0 saturated carbocycles. The van der Waals surface area contributed by atoms with E-state index >= 15 is 0 Å². The van der Waals surface area contributed by atoms with Gasteiger partial charge in [0.2, 0.25) is 0 Å². The molecule has 0 radical (unpaired) electrons. The lowest BCUT2D eigenvalue weighted by Crippen LogP contribution is -2.11. The zero-order valence-corrected chi connectivity index (χ0v) is 8.44. The maximum absolute atomic E-state index is 10.7. The molecule has 0 aliphatic heterocycles.